The van der Waals surface area contributed by atoms with Gasteiger partial charge in [0.15, 0.2) is 5.13 Å². The molecule has 1 heterocycles. The van der Waals surface area contributed by atoms with Crippen molar-refractivity contribution in [3.05, 3.63) is 52.4 Å². The molecule has 0 aliphatic rings. The Morgan fingerprint density at radius 3 is 2.24 bits per heavy atom. The summed E-state index contributed by atoms with van der Waals surface area (Å²) in [5.41, 5.74) is 3.10. The number of methoxy groups -OCH3 is 2. The van der Waals surface area contributed by atoms with Gasteiger partial charge in [0.1, 0.15) is 17.2 Å². The first-order valence-corrected chi connectivity index (χ1v) is 10.0. The fourth-order valence-electron chi connectivity index (χ4n) is 2.98. The molecular formula is C22H24N2O4S. The van der Waals surface area contributed by atoms with Crippen LogP contribution in [0.1, 0.15) is 27.7 Å². The molecule has 2 aromatic carbocycles. The molecule has 1 N–H and O–H groups in total. The predicted octanol–water partition coefficient (Wildman–Crippen LogP) is 5.10. The van der Waals surface area contributed by atoms with E-state index in [2.05, 4.69) is 10.3 Å². The fraction of sp³-hybridized carbons (Fsp3) is 0.273. The van der Waals surface area contributed by atoms with Gasteiger partial charge in [-0.05, 0) is 57.2 Å². The van der Waals surface area contributed by atoms with Crippen molar-refractivity contribution in [2.75, 3.05) is 26.1 Å². The minimum atomic E-state index is -0.270. The van der Waals surface area contributed by atoms with Crippen molar-refractivity contribution >= 4 is 22.4 Å². The summed E-state index contributed by atoms with van der Waals surface area (Å²) >= 11 is 1.43. The highest BCUT2D eigenvalue weighted by Gasteiger charge is 2.16. The molecule has 7 heteroatoms. The molecule has 0 bridgehead atoms. The Labute approximate surface area is 174 Å². The number of hydrogen-bond donors (Lipinski definition) is 1. The number of hydrogen-bond acceptors (Lipinski definition) is 6. The molecule has 29 heavy (non-hydrogen) atoms. The number of amides is 1. The van der Waals surface area contributed by atoms with Crippen LogP contribution in [0.3, 0.4) is 0 Å². The number of aromatic nitrogens is 1. The summed E-state index contributed by atoms with van der Waals surface area (Å²) in [5, 5.41) is 3.41. The molecule has 152 valence electrons. The van der Waals surface area contributed by atoms with E-state index in [-0.39, 0.29) is 5.91 Å². The molecule has 0 atom stereocenters. The van der Waals surface area contributed by atoms with Crippen LogP contribution in [0.25, 0.3) is 11.3 Å². The van der Waals surface area contributed by atoms with Crippen LogP contribution < -0.4 is 19.5 Å². The Bertz CT molecular complexity index is 987. The molecule has 0 unspecified atom stereocenters. The van der Waals surface area contributed by atoms with Crippen molar-refractivity contribution in [1.82, 2.24) is 4.98 Å². The van der Waals surface area contributed by atoms with Gasteiger partial charge < -0.3 is 14.2 Å². The average molecular weight is 413 g/mol. The van der Waals surface area contributed by atoms with Crippen molar-refractivity contribution in [2.45, 2.75) is 20.8 Å². The summed E-state index contributed by atoms with van der Waals surface area (Å²) in [5.74, 6) is 1.74. The van der Waals surface area contributed by atoms with Gasteiger partial charge in [-0.3, -0.25) is 10.1 Å². The van der Waals surface area contributed by atoms with Crippen LogP contribution in [0.4, 0.5) is 5.13 Å². The first kappa shape index (κ1) is 20.7. The SMILES string of the molecule is CCOc1ccc(-c2nc(NC(=O)c3cc(OC)c(C)c(OC)c3)sc2C)cc1. The number of thiazole rings is 1. The van der Waals surface area contributed by atoms with Crippen LogP contribution in [0.2, 0.25) is 0 Å². The first-order valence-electron chi connectivity index (χ1n) is 9.21. The zero-order valence-electron chi connectivity index (χ0n) is 17.2. The van der Waals surface area contributed by atoms with E-state index in [0.29, 0.717) is 28.8 Å². The Morgan fingerprint density at radius 2 is 1.69 bits per heavy atom. The van der Waals surface area contributed by atoms with Gasteiger partial charge in [-0.2, -0.15) is 0 Å². The third-order valence-corrected chi connectivity index (χ3v) is 5.36. The minimum absolute atomic E-state index is 0.270. The summed E-state index contributed by atoms with van der Waals surface area (Å²) in [7, 11) is 3.13. The number of carbonyl (C=O) groups excluding carboxylic acids is 1. The molecule has 0 fully saturated rings. The highest BCUT2D eigenvalue weighted by atomic mass is 32.1. The molecule has 0 saturated carbocycles. The lowest BCUT2D eigenvalue weighted by Crippen LogP contribution is -2.12. The van der Waals surface area contributed by atoms with Gasteiger partial charge >= 0.3 is 0 Å². The molecule has 0 aliphatic heterocycles. The van der Waals surface area contributed by atoms with Gasteiger partial charge in [0.2, 0.25) is 0 Å². The molecule has 0 spiro atoms. The lowest BCUT2D eigenvalue weighted by Gasteiger charge is -2.12. The average Bonchev–Trinajstić information content (AvgIpc) is 3.08. The van der Waals surface area contributed by atoms with Gasteiger partial charge in [0.05, 0.1) is 26.5 Å². The molecule has 1 aromatic heterocycles. The topological polar surface area (TPSA) is 69.7 Å². The molecule has 0 saturated heterocycles. The summed E-state index contributed by atoms with van der Waals surface area (Å²) in [6.45, 7) is 6.44. The maximum Gasteiger partial charge on any atom is 0.257 e. The Morgan fingerprint density at radius 1 is 1.07 bits per heavy atom. The van der Waals surface area contributed by atoms with Gasteiger partial charge in [0, 0.05) is 21.6 Å². The zero-order valence-corrected chi connectivity index (χ0v) is 18.0. The maximum absolute atomic E-state index is 12.8. The molecule has 6 nitrogen and oxygen atoms in total. The smallest absolute Gasteiger partial charge is 0.257 e. The first-order chi connectivity index (χ1) is 14.0. The third kappa shape index (κ3) is 4.51. The number of ether oxygens (including phenoxy) is 3. The van der Waals surface area contributed by atoms with E-state index < -0.39 is 0 Å². The van der Waals surface area contributed by atoms with Crippen molar-refractivity contribution in [2.24, 2.45) is 0 Å². The molecule has 1 amide bonds. The van der Waals surface area contributed by atoms with E-state index in [9.17, 15) is 4.79 Å². The second-order valence-electron chi connectivity index (χ2n) is 6.34. The van der Waals surface area contributed by atoms with Crippen LogP contribution in [-0.4, -0.2) is 31.7 Å². The number of nitrogens with zero attached hydrogens (tertiary/aromatic N) is 1. The van der Waals surface area contributed by atoms with Crippen molar-refractivity contribution in [3.8, 4) is 28.5 Å². The number of nitrogens with one attached hydrogen (secondary N) is 1. The summed E-state index contributed by atoms with van der Waals surface area (Å²) in [6.07, 6.45) is 0. The lowest BCUT2D eigenvalue weighted by molar-refractivity contribution is 0.102. The predicted molar refractivity (Wildman–Crippen MR) is 116 cm³/mol. The Hall–Kier alpha value is -3.06. The van der Waals surface area contributed by atoms with Gasteiger partial charge in [-0.1, -0.05) is 0 Å². The monoisotopic (exact) mass is 412 g/mol. The largest absolute Gasteiger partial charge is 0.496 e. The molecule has 3 rings (SSSR count). The number of rotatable bonds is 7. The minimum Gasteiger partial charge on any atom is -0.496 e. The number of anilines is 1. The Kier molecular flexibility index (Phi) is 6.39. The second-order valence-corrected chi connectivity index (χ2v) is 7.54. The van der Waals surface area contributed by atoms with Crippen LogP contribution in [0.15, 0.2) is 36.4 Å². The van der Waals surface area contributed by atoms with Crippen molar-refractivity contribution in [1.29, 1.82) is 0 Å². The molecule has 0 radical (unpaired) electrons. The van der Waals surface area contributed by atoms with E-state index >= 15 is 0 Å². The van der Waals surface area contributed by atoms with E-state index in [1.54, 1.807) is 26.4 Å². The van der Waals surface area contributed by atoms with Crippen LogP contribution in [-0.2, 0) is 0 Å². The zero-order chi connectivity index (χ0) is 21.0. The van der Waals surface area contributed by atoms with Crippen LogP contribution in [0.5, 0.6) is 17.2 Å². The van der Waals surface area contributed by atoms with Gasteiger partial charge in [0.25, 0.3) is 5.91 Å². The second kappa shape index (κ2) is 8.96. The highest BCUT2D eigenvalue weighted by Crippen LogP contribution is 2.33. The standard InChI is InChI=1S/C22H24N2O4S/c1-6-28-17-9-7-15(8-10-17)20-14(3)29-22(23-20)24-21(25)16-11-18(26-4)13(2)19(12-16)27-5/h7-12H,6H2,1-5H3,(H,23,24,25). The van der Waals surface area contributed by atoms with E-state index in [4.69, 9.17) is 14.2 Å². The van der Waals surface area contributed by atoms with Crippen LogP contribution >= 0.6 is 11.3 Å². The number of carbonyl (C=O) groups is 1. The van der Waals surface area contributed by atoms with Crippen LogP contribution in [0, 0.1) is 13.8 Å². The molecule has 0 aliphatic carbocycles. The number of benzene rings is 2. The third-order valence-electron chi connectivity index (χ3n) is 4.47. The summed E-state index contributed by atoms with van der Waals surface area (Å²) in [4.78, 5) is 18.4. The fourth-order valence-corrected chi connectivity index (χ4v) is 3.81. The van der Waals surface area contributed by atoms with Gasteiger partial charge in [-0.15, -0.1) is 11.3 Å². The summed E-state index contributed by atoms with van der Waals surface area (Å²) < 4.78 is 16.2. The molecule has 3 aromatic rings. The lowest BCUT2D eigenvalue weighted by atomic mass is 10.1. The summed E-state index contributed by atoms with van der Waals surface area (Å²) in [6, 6.07) is 11.2. The Balaban J connectivity index is 1.83. The van der Waals surface area contributed by atoms with E-state index in [1.165, 1.54) is 11.3 Å². The van der Waals surface area contributed by atoms with E-state index in [0.717, 1.165) is 27.4 Å². The maximum atomic E-state index is 12.8. The normalized spacial score (nSPS) is 10.5. The highest BCUT2D eigenvalue weighted by molar-refractivity contribution is 7.16. The number of aryl methyl sites for hydroxylation is 1. The quantitative estimate of drug-likeness (QED) is 0.585. The van der Waals surface area contributed by atoms with E-state index in [1.807, 2.05) is 45.0 Å². The van der Waals surface area contributed by atoms with Crippen molar-refractivity contribution in [3.63, 3.8) is 0 Å². The molecular weight excluding hydrogens is 388 g/mol. The van der Waals surface area contributed by atoms with Crippen molar-refractivity contribution < 1.29 is 19.0 Å². The van der Waals surface area contributed by atoms with Gasteiger partial charge in [-0.25, -0.2) is 4.98 Å².